The first kappa shape index (κ1) is 35.4. The van der Waals surface area contributed by atoms with E-state index in [-0.39, 0.29) is 0 Å². The van der Waals surface area contributed by atoms with Crippen molar-refractivity contribution >= 4 is 93.1 Å². The minimum atomic E-state index is 0.897. The number of furan rings is 1. The van der Waals surface area contributed by atoms with Gasteiger partial charge in [0.15, 0.2) is 0 Å². The second kappa shape index (κ2) is 14.1. The van der Waals surface area contributed by atoms with Crippen LogP contribution >= 0.6 is 0 Å². The maximum absolute atomic E-state index is 6.32. The molecule has 0 unspecified atom stereocenters. The lowest BCUT2D eigenvalue weighted by molar-refractivity contribution is 0.669. The summed E-state index contributed by atoms with van der Waals surface area (Å²) in [6.07, 6.45) is 0. The number of para-hydroxylation sites is 3. The molecule has 0 radical (unpaired) electrons. The molecule has 13 rings (SSSR count). The van der Waals surface area contributed by atoms with Gasteiger partial charge < -0.3 is 13.9 Å². The number of benzene rings is 11. The van der Waals surface area contributed by atoms with Crippen LogP contribution in [0.3, 0.4) is 0 Å². The van der Waals surface area contributed by atoms with E-state index in [1.165, 1.54) is 59.7 Å². The highest BCUT2D eigenvalue weighted by Gasteiger charge is 2.19. The Morgan fingerprint density at radius 3 is 1.44 bits per heavy atom. The molecule has 0 aliphatic rings. The van der Waals surface area contributed by atoms with Crippen molar-refractivity contribution in [1.29, 1.82) is 0 Å². The first-order chi connectivity index (χ1) is 31.2. The van der Waals surface area contributed by atoms with Crippen LogP contribution in [0.25, 0.3) is 104 Å². The van der Waals surface area contributed by atoms with Crippen LogP contribution in [0, 0.1) is 0 Å². The fourth-order valence-electron chi connectivity index (χ4n) is 10.1. The molecule has 11 aromatic carbocycles. The molecule has 0 amide bonds. The Bertz CT molecular complexity index is 3840. The quantitative estimate of drug-likeness (QED) is 0.156. The highest BCUT2D eigenvalue weighted by molar-refractivity contribution is 6.26. The largest absolute Gasteiger partial charge is 0.456 e. The zero-order valence-corrected chi connectivity index (χ0v) is 34.2. The van der Waals surface area contributed by atoms with Gasteiger partial charge in [-0.1, -0.05) is 158 Å². The summed E-state index contributed by atoms with van der Waals surface area (Å²) in [4.78, 5) is 2.41. The van der Waals surface area contributed by atoms with Crippen LogP contribution < -0.4 is 4.90 Å². The molecule has 2 aromatic heterocycles. The second-order valence-corrected chi connectivity index (χ2v) is 16.4. The zero-order valence-electron chi connectivity index (χ0n) is 34.2. The van der Waals surface area contributed by atoms with Gasteiger partial charge in [-0.3, -0.25) is 0 Å². The van der Waals surface area contributed by atoms with Crippen molar-refractivity contribution in [3.63, 3.8) is 0 Å². The Morgan fingerprint density at radius 2 is 0.762 bits per heavy atom. The van der Waals surface area contributed by atoms with Gasteiger partial charge in [0.1, 0.15) is 11.2 Å². The van der Waals surface area contributed by atoms with Crippen molar-refractivity contribution in [2.24, 2.45) is 0 Å². The van der Waals surface area contributed by atoms with Gasteiger partial charge in [0, 0.05) is 44.3 Å². The van der Waals surface area contributed by atoms with E-state index in [1.807, 2.05) is 12.1 Å². The Morgan fingerprint density at radius 1 is 0.286 bits per heavy atom. The van der Waals surface area contributed by atoms with E-state index in [4.69, 9.17) is 4.42 Å². The van der Waals surface area contributed by atoms with Crippen LogP contribution in [0.4, 0.5) is 17.1 Å². The number of aromatic nitrogens is 1. The number of nitrogens with zero attached hydrogens (tertiary/aromatic N) is 2. The highest BCUT2D eigenvalue weighted by atomic mass is 16.3. The molecular weight excluding hydrogens is 765 g/mol. The van der Waals surface area contributed by atoms with E-state index in [1.54, 1.807) is 0 Å². The molecule has 3 heteroatoms. The molecule has 3 nitrogen and oxygen atoms in total. The van der Waals surface area contributed by atoms with Gasteiger partial charge in [-0.15, -0.1) is 0 Å². The number of rotatable bonds is 6. The Hall–Kier alpha value is -8.40. The third-order valence-corrected chi connectivity index (χ3v) is 13.0. The summed E-state index contributed by atoms with van der Waals surface area (Å²) in [5.41, 5.74) is 13.1. The van der Waals surface area contributed by atoms with Gasteiger partial charge in [-0.25, -0.2) is 0 Å². The highest BCUT2D eigenvalue weighted by Crippen LogP contribution is 2.43. The van der Waals surface area contributed by atoms with Crippen molar-refractivity contribution in [3.05, 3.63) is 231 Å². The summed E-state index contributed by atoms with van der Waals surface area (Å²) in [7, 11) is 0. The summed E-state index contributed by atoms with van der Waals surface area (Å²) in [5, 5.41) is 12.3. The lowest BCUT2D eigenvalue weighted by Crippen LogP contribution is -2.10. The molecule has 294 valence electrons. The third kappa shape index (κ3) is 5.60. The molecule has 0 aliphatic carbocycles. The van der Waals surface area contributed by atoms with E-state index in [0.717, 1.165) is 61.4 Å². The smallest absolute Gasteiger partial charge is 0.136 e. The summed E-state index contributed by atoms with van der Waals surface area (Å²) in [6.45, 7) is 0. The molecule has 0 aliphatic heterocycles. The fraction of sp³-hybridized carbons (Fsp3) is 0. The van der Waals surface area contributed by atoms with E-state index < -0.39 is 0 Å². The van der Waals surface area contributed by atoms with Crippen LogP contribution in [-0.4, -0.2) is 4.57 Å². The minimum absolute atomic E-state index is 0.897. The molecule has 0 bridgehead atoms. The van der Waals surface area contributed by atoms with Gasteiger partial charge >= 0.3 is 0 Å². The SMILES string of the molecule is c1cc(N(c2ccc(-c3ccccc3-c3ccc4c(c3)oc3ccccc34)cc2)c2ccc3c4ccccc4c4ccccc4c3c2)cc(-n2c3ccccc3c3ccccc32)c1. The normalized spacial score (nSPS) is 11.8. The Kier molecular flexibility index (Phi) is 7.91. The van der Waals surface area contributed by atoms with Crippen LogP contribution in [0.15, 0.2) is 235 Å². The lowest BCUT2D eigenvalue weighted by atomic mass is 9.93. The minimum Gasteiger partial charge on any atom is -0.456 e. The molecule has 0 saturated heterocycles. The molecule has 63 heavy (non-hydrogen) atoms. The van der Waals surface area contributed by atoms with E-state index in [9.17, 15) is 0 Å². The summed E-state index contributed by atoms with van der Waals surface area (Å²) >= 11 is 0. The summed E-state index contributed by atoms with van der Waals surface area (Å²) in [5.74, 6) is 0. The standard InChI is InChI=1S/C60H38N2O/c1-2-17-46(40-30-34-55-54-24-9-12-27-59(54)63-60(55)36-40)45(16-1)39-28-31-41(32-29-39)61(44-33-35-51-49-20-4-3-18-47(49)48-19-5-6-21-50(48)56(51)38-44)42-14-13-15-43(37-42)62-57-25-10-7-22-52(57)53-23-8-11-26-58(53)62/h1-38H. The number of anilines is 3. The lowest BCUT2D eigenvalue weighted by Gasteiger charge is -2.27. The number of hydrogen-bond donors (Lipinski definition) is 0. The first-order valence-electron chi connectivity index (χ1n) is 21.6. The van der Waals surface area contributed by atoms with Crippen molar-refractivity contribution < 1.29 is 4.42 Å². The van der Waals surface area contributed by atoms with Gasteiger partial charge in [0.2, 0.25) is 0 Å². The molecule has 0 N–H and O–H groups in total. The first-order valence-corrected chi connectivity index (χ1v) is 21.6. The molecular formula is C60H38N2O. The molecule has 0 spiro atoms. The maximum atomic E-state index is 6.32. The third-order valence-electron chi connectivity index (χ3n) is 13.0. The number of fused-ring (bicyclic) bond motifs is 12. The maximum Gasteiger partial charge on any atom is 0.136 e. The van der Waals surface area contributed by atoms with Gasteiger partial charge in [-0.05, 0) is 127 Å². The molecule has 0 fully saturated rings. The zero-order chi connectivity index (χ0) is 41.4. The fourth-order valence-corrected chi connectivity index (χ4v) is 10.1. The van der Waals surface area contributed by atoms with Gasteiger partial charge in [0.25, 0.3) is 0 Å². The van der Waals surface area contributed by atoms with E-state index >= 15 is 0 Å². The Balaban J connectivity index is 0.982. The average molecular weight is 803 g/mol. The predicted octanol–water partition coefficient (Wildman–Crippen LogP) is 16.9. The van der Waals surface area contributed by atoms with Crippen LogP contribution in [0.5, 0.6) is 0 Å². The van der Waals surface area contributed by atoms with E-state index in [0.29, 0.717) is 0 Å². The van der Waals surface area contributed by atoms with Gasteiger partial charge in [-0.2, -0.15) is 0 Å². The monoisotopic (exact) mass is 802 g/mol. The summed E-state index contributed by atoms with van der Waals surface area (Å²) in [6, 6.07) is 83.6. The molecule has 13 aromatic rings. The van der Waals surface area contributed by atoms with Crippen molar-refractivity contribution in [2.45, 2.75) is 0 Å². The van der Waals surface area contributed by atoms with Crippen molar-refractivity contribution in [1.82, 2.24) is 4.57 Å². The average Bonchev–Trinajstić information content (AvgIpc) is 3.90. The molecule has 0 saturated carbocycles. The molecule has 2 heterocycles. The summed E-state index contributed by atoms with van der Waals surface area (Å²) < 4.78 is 8.72. The Labute approximate surface area is 363 Å². The topological polar surface area (TPSA) is 21.3 Å². The second-order valence-electron chi connectivity index (χ2n) is 16.4. The van der Waals surface area contributed by atoms with Crippen LogP contribution in [-0.2, 0) is 0 Å². The van der Waals surface area contributed by atoms with Gasteiger partial charge in [0.05, 0.1) is 11.0 Å². The van der Waals surface area contributed by atoms with Crippen molar-refractivity contribution in [2.75, 3.05) is 4.90 Å². The van der Waals surface area contributed by atoms with Crippen LogP contribution in [0.2, 0.25) is 0 Å². The van der Waals surface area contributed by atoms with E-state index in [2.05, 4.69) is 228 Å². The van der Waals surface area contributed by atoms with Crippen molar-refractivity contribution in [3.8, 4) is 27.9 Å². The number of hydrogen-bond acceptors (Lipinski definition) is 2. The van der Waals surface area contributed by atoms with Crippen LogP contribution in [0.1, 0.15) is 0 Å². The predicted molar refractivity (Wildman–Crippen MR) is 266 cm³/mol. The molecule has 0 atom stereocenters.